The SMILES string of the molecule is COc1cccc(CN2C(=O)NC(c3ccccc3)C(c3nc(-c4ccc(Cl)cc4)no3)=C2C)c1. The van der Waals surface area contributed by atoms with E-state index in [-0.39, 0.29) is 6.03 Å². The lowest BCUT2D eigenvalue weighted by Gasteiger charge is -2.35. The summed E-state index contributed by atoms with van der Waals surface area (Å²) in [6.45, 7) is 2.26. The van der Waals surface area contributed by atoms with Gasteiger partial charge in [0.15, 0.2) is 0 Å². The smallest absolute Gasteiger partial charge is 0.322 e. The molecule has 2 amide bonds. The predicted molar refractivity (Wildman–Crippen MR) is 134 cm³/mol. The van der Waals surface area contributed by atoms with Gasteiger partial charge < -0.3 is 14.6 Å². The number of amides is 2. The molecule has 1 aliphatic rings. The Morgan fingerprint density at radius 2 is 1.83 bits per heavy atom. The van der Waals surface area contributed by atoms with E-state index in [1.807, 2.05) is 73.7 Å². The molecule has 1 aromatic heterocycles. The highest BCUT2D eigenvalue weighted by atomic mass is 35.5. The molecule has 0 saturated heterocycles. The van der Waals surface area contributed by atoms with E-state index >= 15 is 0 Å². The molecule has 0 saturated carbocycles. The Balaban J connectivity index is 1.58. The van der Waals surface area contributed by atoms with Gasteiger partial charge in [-0.2, -0.15) is 4.98 Å². The molecular formula is C27H23ClN4O3. The van der Waals surface area contributed by atoms with Crippen LogP contribution >= 0.6 is 11.6 Å². The van der Waals surface area contributed by atoms with Crippen LogP contribution in [-0.4, -0.2) is 28.2 Å². The Hall–Kier alpha value is -4.10. The lowest BCUT2D eigenvalue weighted by molar-refractivity contribution is 0.203. The van der Waals surface area contributed by atoms with Crippen molar-refractivity contribution in [2.24, 2.45) is 0 Å². The number of halogens is 1. The number of allylic oxidation sites excluding steroid dienone is 1. The highest BCUT2D eigenvalue weighted by molar-refractivity contribution is 6.30. The summed E-state index contributed by atoms with van der Waals surface area (Å²) in [6.07, 6.45) is 0. The minimum atomic E-state index is -0.441. The number of nitrogens with one attached hydrogen (secondary N) is 1. The first kappa shape index (κ1) is 22.7. The van der Waals surface area contributed by atoms with E-state index in [1.54, 1.807) is 24.1 Å². The van der Waals surface area contributed by atoms with Crippen LogP contribution in [0.25, 0.3) is 17.0 Å². The first-order chi connectivity index (χ1) is 17.0. The van der Waals surface area contributed by atoms with E-state index in [9.17, 15) is 4.79 Å². The third kappa shape index (κ3) is 4.63. The fourth-order valence-electron chi connectivity index (χ4n) is 4.15. The summed E-state index contributed by atoms with van der Waals surface area (Å²) in [6, 6.07) is 24.0. The maximum Gasteiger partial charge on any atom is 0.322 e. The van der Waals surface area contributed by atoms with E-state index in [0.717, 1.165) is 33.7 Å². The number of nitrogens with zero attached hydrogens (tertiary/aromatic N) is 3. The maximum absolute atomic E-state index is 13.3. The second kappa shape index (κ2) is 9.64. The zero-order valence-electron chi connectivity index (χ0n) is 19.2. The van der Waals surface area contributed by atoms with Crippen molar-refractivity contribution in [3.8, 4) is 17.1 Å². The zero-order chi connectivity index (χ0) is 24.4. The maximum atomic E-state index is 13.3. The quantitative estimate of drug-likeness (QED) is 0.356. The summed E-state index contributed by atoms with van der Waals surface area (Å²) in [5.41, 5.74) is 4.11. The molecule has 1 atom stereocenters. The molecule has 0 fully saturated rings. The summed E-state index contributed by atoms with van der Waals surface area (Å²) < 4.78 is 11.1. The molecule has 1 N–H and O–H groups in total. The van der Waals surface area contributed by atoms with Crippen molar-refractivity contribution in [1.82, 2.24) is 20.4 Å². The zero-order valence-corrected chi connectivity index (χ0v) is 20.0. The van der Waals surface area contributed by atoms with Gasteiger partial charge in [0.1, 0.15) is 5.75 Å². The highest BCUT2D eigenvalue weighted by Gasteiger charge is 2.35. The molecule has 1 unspecified atom stereocenters. The number of aromatic nitrogens is 2. The number of methoxy groups -OCH3 is 1. The lowest BCUT2D eigenvalue weighted by atomic mass is 9.94. The molecule has 8 heteroatoms. The molecule has 35 heavy (non-hydrogen) atoms. The van der Waals surface area contributed by atoms with Crippen LogP contribution in [0.15, 0.2) is 89.1 Å². The van der Waals surface area contributed by atoms with Crippen molar-refractivity contribution >= 4 is 23.2 Å². The first-order valence-corrected chi connectivity index (χ1v) is 11.5. The van der Waals surface area contributed by atoms with E-state index in [1.165, 1.54) is 0 Å². The molecule has 3 aromatic carbocycles. The Bertz CT molecular complexity index is 1380. The third-order valence-corrected chi connectivity index (χ3v) is 6.21. The van der Waals surface area contributed by atoms with Crippen molar-refractivity contribution in [1.29, 1.82) is 0 Å². The van der Waals surface area contributed by atoms with Gasteiger partial charge in [-0.05, 0) is 54.4 Å². The fraction of sp³-hybridized carbons (Fsp3) is 0.148. The Morgan fingerprint density at radius 3 is 2.57 bits per heavy atom. The van der Waals surface area contributed by atoms with Crippen molar-refractivity contribution in [2.45, 2.75) is 19.5 Å². The van der Waals surface area contributed by atoms with Crippen LogP contribution in [0.5, 0.6) is 5.75 Å². The van der Waals surface area contributed by atoms with Crippen LogP contribution in [0, 0.1) is 0 Å². The highest BCUT2D eigenvalue weighted by Crippen LogP contribution is 2.38. The Morgan fingerprint density at radius 1 is 1.06 bits per heavy atom. The number of hydrogen-bond donors (Lipinski definition) is 1. The number of benzene rings is 3. The van der Waals surface area contributed by atoms with Gasteiger partial charge in [-0.3, -0.25) is 4.90 Å². The molecule has 2 heterocycles. The first-order valence-electron chi connectivity index (χ1n) is 11.1. The molecule has 1 aliphatic heterocycles. The van der Waals surface area contributed by atoms with E-state index in [4.69, 9.17) is 20.9 Å². The van der Waals surface area contributed by atoms with Crippen LogP contribution in [-0.2, 0) is 6.54 Å². The normalized spacial score (nSPS) is 15.8. The van der Waals surface area contributed by atoms with Crippen LogP contribution in [0.2, 0.25) is 5.02 Å². The summed E-state index contributed by atoms with van der Waals surface area (Å²) in [7, 11) is 1.62. The second-order valence-corrected chi connectivity index (χ2v) is 8.60. The van der Waals surface area contributed by atoms with E-state index < -0.39 is 6.04 Å². The van der Waals surface area contributed by atoms with Gasteiger partial charge in [0, 0.05) is 16.3 Å². The average molecular weight is 487 g/mol. The number of urea groups is 1. The van der Waals surface area contributed by atoms with Crippen LogP contribution in [0.1, 0.15) is 30.0 Å². The summed E-state index contributed by atoms with van der Waals surface area (Å²) in [5, 5.41) is 7.94. The number of hydrogen-bond acceptors (Lipinski definition) is 5. The molecule has 5 rings (SSSR count). The Labute approximate surface area is 208 Å². The molecule has 0 radical (unpaired) electrons. The number of ether oxygens (including phenoxy) is 1. The van der Waals surface area contributed by atoms with Crippen molar-refractivity contribution in [3.05, 3.63) is 107 Å². The average Bonchev–Trinajstić information content (AvgIpc) is 3.37. The fourth-order valence-corrected chi connectivity index (χ4v) is 4.27. The van der Waals surface area contributed by atoms with Gasteiger partial charge in [0.25, 0.3) is 5.89 Å². The number of rotatable bonds is 6. The van der Waals surface area contributed by atoms with Gasteiger partial charge in [-0.1, -0.05) is 59.2 Å². The number of carbonyl (C=O) groups excluding carboxylic acids is 1. The predicted octanol–water partition coefficient (Wildman–Crippen LogP) is 6.10. The van der Waals surface area contributed by atoms with Gasteiger partial charge >= 0.3 is 6.03 Å². The largest absolute Gasteiger partial charge is 0.497 e. The van der Waals surface area contributed by atoms with Gasteiger partial charge in [0.05, 0.1) is 25.3 Å². The minimum Gasteiger partial charge on any atom is -0.497 e. The molecule has 176 valence electrons. The molecule has 0 spiro atoms. The minimum absolute atomic E-state index is 0.208. The monoisotopic (exact) mass is 486 g/mol. The lowest BCUT2D eigenvalue weighted by Crippen LogP contribution is -2.45. The van der Waals surface area contributed by atoms with Crippen molar-refractivity contribution < 1.29 is 14.1 Å². The summed E-state index contributed by atoms with van der Waals surface area (Å²) in [4.78, 5) is 19.6. The van der Waals surface area contributed by atoms with Gasteiger partial charge in [-0.15, -0.1) is 0 Å². The topological polar surface area (TPSA) is 80.5 Å². The van der Waals surface area contributed by atoms with E-state index in [0.29, 0.717) is 23.3 Å². The Kier molecular flexibility index (Phi) is 6.25. The van der Waals surface area contributed by atoms with Crippen LogP contribution in [0.4, 0.5) is 4.79 Å². The van der Waals surface area contributed by atoms with Gasteiger partial charge in [-0.25, -0.2) is 4.79 Å². The summed E-state index contributed by atoms with van der Waals surface area (Å²) in [5.74, 6) is 1.52. The molecule has 0 bridgehead atoms. The third-order valence-electron chi connectivity index (χ3n) is 5.96. The van der Waals surface area contributed by atoms with Crippen LogP contribution < -0.4 is 10.1 Å². The summed E-state index contributed by atoms with van der Waals surface area (Å²) >= 11 is 6.02. The standard InChI is InChI=1S/C27H23ClN4O3/c1-17-23(26-30-25(31-35-26)20-11-13-21(28)14-12-20)24(19-8-4-3-5-9-19)29-27(33)32(17)16-18-7-6-10-22(15-18)34-2/h3-15,24H,16H2,1-2H3,(H,29,33). The molecule has 0 aliphatic carbocycles. The van der Waals surface area contributed by atoms with Gasteiger partial charge in [0.2, 0.25) is 5.82 Å². The molecule has 4 aromatic rings. The molecule has 7 nitrogen and oxygen atoms in total. The van der Waals surface area contributed by atoms with E-state index in [2.05, 4.69) is 15.5 Å². The van der Waals surface area contributed by atoms with Crippen molar-refractivity contribution in [2.75, 3.05) is 7.11 Å². The number of carbonyl (C=O) groups is 1. The van der Waals surface area contributed by atoms with Crippen LogP contribution in [0.3, 0.4) is 0 Å². The van der Waals surface area contributed by atoms with Crippen molar-refractivity contribution in [3.63, 3.8) is 0 Å². The molecular weight excluding hydrogens is 464 g/mol. The second-order valence-electron chi connectivity index (χ2n) is 8.16.